The first-order chi connectivity index (χ1) is 14.2. The van der Waals surface area contributed by atoms with E-state index in [1.807, 2.05) is 72.9 Å². The molecule has 6 nitrogen and oxygen atoms in total. The summed E-state index contributed by atoms with van der Waals surface area (Å²) in [4.78, 5) is 15.6. The van der Waals surface area contributed by atoms with Gasteiger partial charge in [0.05, 0.1) is 6.42 Å². The minimum atomic E-state index is -0.0498. The number of benzene rings is 3. The molecule has 6 heteroatoms. The lowest BCUT2D eigenvalue weighted by Crippen LogP contribution is -2.14. The number of aromatic amines is 1. The molecule has 0 fully saturated rings. The number of nitrogens with one attached hydrogen (secondary N) is 3. The molecule has 0 unspecified atom stereocenters. The third-order valence-electron chi connectivity index (χ3n) is 4.86. The van der Waals surface area contributed by atoms with Crippen LogP contribution in [0.1, 0.15) is 5.56 Å². The topological polar surface area (TPSA) is 75.4 Å². The average Bonchev–Trinajstić information content (AvgIpc) is 3.36. The zero-order valence-electron chi connectivity index (χ0n) is 15.6. The van der Waals surface area contributed by atoms with Crippen LogP contribution in [-0.2, 0) is 11.2 Å². The minimum Gasteiger partial charge on any atom is -0.454 e. The van der Waals surface area contributed by atoms with E-state index in [1.165, 1.54) is 0 Å². The van der Waals surface area contributed by atoms with Crippen molar-refractivity contribution in [2.45, 2.75) is 6.42 Å². The van der Waals surface area contributed by atoms with E-state index in [-0.39, 0.29) is 12.7 Å². The first kappa shape index (κ1) is 17.2. The van der Waals surface area contributed by atoms with Gasteiger partial charge in [-0.3, -0.25) is 4.79 Å². The van der Waals surface area contributed by atoms with Crippen molar-refractivity contribution >= 4 is 33.9 Å². The van der Waals surface area contributed by atoms with Crippen molar-refractivity contribution in [1.29, 1.82) is 0 Å². The summed E-state index contributed by atoms with van der Waals surface area (Å²) in [5.74, 6) is 1.44. The van der Waals surface area contributed by atoms with Gasteiger partial charge >= 0.3 is 0 Å². The Bertz CT molecular complexity index is 1180. The molecule has 0 atom stereocenters. The Kier molecular flexibility index (Phi) is 4.29. The Morgan fingerprint density at radius 1 is 0.897 bits per heavy atom. The fourth-order valence-electron chi connectivity index (χ4n) is 3.43. The van der Waals surface area contributed by atoms with E-state index in [1.54, 1.807) is 0 Å². The van der Waals surface area contributed by atoms with Gasteiger partial charge in [0, 0.05) is 40.2 Å². The zero-order valence-corrected chi connectivity index (χ0v) is 15.6. The summed E-state index contributed by atoms with van der Waals surface area (Å²) in [6.45, 7) is 0.256. The van der Waals surface area contributed by atoms with Gasteiger partial charge in [0.15, 0.2) is 11.5 Å². The normalized spacial score (nSPS) is 12.1. The number of rotatable bonds is 5. The lowest BCUT2D eigenvalue weighted by molar-refractivity contribution is -0.115. The number of para-hydroxylation sites is 1. The highest BCUT2D eigenvalue weighted by Gasteiger charge is 2.13. The van der Waals surface area contributed by atoms with E-state index >= 15 is 0 Å². The Hall–Kier alpha value is -3.93. The van der Waals surface area contributed by atoms with Crippen LogP contribution in [0.15, 0.2) is 72.9 Å². The molecular weight excluding hydrogens is 366 g/mol. The number of carbonyl (C=O) groups is 1. The Labute approximate surface area is 167 Å². The third-order valence-corrected chi connectivity index (χ3v) is 4.86. The maximum Gasteiger partial charge on any atom is 0.231 e. The van der Waals surface area contributed by atoms with Crippen LogP contribution in [0.2, 0.25) is 0 Å². The van der Waals surface area contributed by atoms with Gasteiger partial charge in [-0.2, -0.15) is 0 Å². The number of hydrogen-bond acceptors (Lipinski definition) is 4. The molecule has 1 aliphatic rings. The van der Waals surface area contributed by atoms with Crippen LogP contribution < -0.4 is 20.1 Å². The van der Waals surface area contributed by atoms with Gasteiger partial charge in [0.1, 0.15) is 0 Å². The van der Waals surface area contributed by atoms with Crippen molar-refractivity contribution in [1.82, 2.24) is 4.98 Å². The molecule has 0 spiro atoms. The Balaban J connectivity index is 1.22. The van der Waals surface area contributed by atoms with Crippen LogP contribution >= 0.6 is 0 Å². The van der Waals surface area contributed by atoms with Crippen LogP contribution in [0.3, 0.4) is 0 Å². The second-order valence-electron chi connectivity index (χ2n) is 6.85. The molecule has 1 aromatic heterocycles. The Morgan fingerprint density at radius 2 is 1.66 bits per heavy atom. The predicted octanol–water partition coefficient (Wildman–Crippen LogP) is 4.82. The van der Waals surface area contributed by atoms with Crippen molar-refractivity contribution in [3.8, 4) is 11.5 Å². The number of fused-ring (bicyclic) bond motifs is 2. The second-order valence-corrected chi connectivity index (χ2v) is 6.85. The fourth-order valence-corrected chi connectivity index (χ4v) is 3.43. The van der Waals surface area contributed by atoms with Crippen LogP contribution in [0.25, 0.3) is 10.9 Å². The molecule has 4 aromatic rings. The van der Waals surface area contributed by atoms with Gasteiger partial charge in [0.2, 0.25) is 12.7 Å². The largest absolute Gasteiger partial charge is 0.454 e. The molecule has 29 heavy (non-hydrogen) atoms. The number of aromatic nitrogens is 1. The molecule has 3 aromatic carbocycles. The highest BCUT2D eigenvalue weighted by atomic mass is 16.7. The summed E-state index contributed by atoms with van der Waals surface area (Å²) in [5.41, 5.74) is 4.60. The van der Waals surface area contributed by atoms with Crippen molar-refractivity contribution in [3.05, 3.63) is 78.5 Å². The van der Waals surface area contributed by atoms with Crippen molar-refractivity contribution in [2.24, 2.45) is 0 Å². The molecule has 3 N–H and O–H groups in total. The highest BCUT2D eigenvalue weighted by Crippen LogP contribution is 2.35. The number of amides is 1. The maximum absolute atomic E-state index is 12.4. The van der Waals surface area contributed by atoms with E-state index in [4.69, 9.17) is 9.47 Å². The molecular formula is C23H19N3O3. The molecule has 0 saturated heterocycles. The predicted molar refractivity (Wildman–Crippen MR) is 113 cm³/mol. The standard InChI is InChI=1S/C23H19N3O3/c27-23(11-15-13-24-20-4-2-1-3-19(15)20)26-17-7-5-16(6-8-17)25-18-9-10-21-22(12-18)29-14-28-21/h1-10,12-13,24-25H,11,14H2,(H,26,27). The third kappa shape index (κ3) is 3.60. The highest BCUT2D eigenvalue weighted by molar-refractivity contribution is 5.95. The molecule has 0 saturated carbocycles. The van der Waals surface area contributed by atoms with Gasteiger partial charge < -0.3 is 25.1 Å². The quantitative estimate of drug-likeness (QED) is 0.460. The summed E-state index contributed by atoms with van der Waals surface area (Å²) in [6, 6.07) is 21.3. The van der Waals surface area contributed by atoms with E-state index in [0.29, 0.717) is 6.42 Å². The first-order valence-electron chi connectivity index (χ1n) is 9.36. The number of ether oxygens (including phenoxy) is 2. The molecule has 0 aliphatic carbocycles. The zero-order chi connectivity index (χ0) is 19.6. The monoisotopic (exact) mass is 385 g/mol. The second kappa shape index (κ2) is 7.24. The van der Waals surface area contributed by atoms with Gasteiger partial charge in [-0.1, -0.05) is 18.2 Å². The van der Waals surface area contributed by atoms with E-state index in [2.05, 4.69) is 15.6 Å². The summed E-state index contributed by atoms with van der Waals surface area (Å²) in [6.07, 6.45) is 2.21. The SMILES string of the molecule is O=C(Cc1c[nH]c2ccccc12)Nc1ccc(Nc2ccc3c(c2)OCO3)cc1. The van der Waals surface area contributed by atoms with Crippen LogP contribution in [0.4, 0.5) is 17.1 Å². The summed E-state index contributed by atoms with van der Waals surface area (Å²) in [7, 11) is 0. The fraction of sp³-hybridized carbons (Fsp3) is 0.0870. The summed E-state index contributed by atoms with van der Waals surface area (Å²) < 4.78 is 10.7. The van der Waals surface area contributed by atoms with Gasteiger partial charge in [0.25, 0.3) is 0 Å². The van der Waals surface area contributed by atoms with Gasteiger partial charge in [-0.05, 0) is 48.0 Å². The van der Waals surface area contributed by atoms with E-state index < -0.39 is 0 Å². The lowest BCUT2D eigenvalue weighted by Gasteiger charge is -2.09. The molecule has 1 aliphatic heterocycles. The van der Waals surface area contributed by atoms with Crippen LogP contribution in [-0.4, -0.2) is 17.7 Å². The van der Waals surface area contributed by atoms with Gasteiger partial charge in [-0.25, -0.2) is 0 Å². The number of hydrogen-bond donors (Lipinski definition) is 3. The van der Waals surface area contributed by atoms with Crippen molar-refractivity contribution in [3.63, 3.8) is 0 Å². The number of carbonyl (C=O) groups excluding carboxylic acids is 1. The molecule has 1 amide bonds. The molecule has 144 valence electrons. The number of H-pyrrole nitrogens is 1. The summed E-state index contributed by atoms with van der Waals surface area (Å²) in [5, 5.41) is 7.35. The first-order valence-corrected chi connectivity index (χ1v) is 9.36. The smallest absolute Gasteiger partial charge is 0.231 e. The van der Waals surface area contributed by atoms with Crippen LogP contribution in [0.5, 0.6) is 11.5 Å². The van der Waals surface area contributed by atoms with Crippen molar-refractivity contribution < 1.29 is 14.3 Å². The van der Waals surface area contributed by atoms with Crippen molar-refractivity contribution in [2.75, 3.05) is 17.4 Å². The molecule has 0 radical (unpaired) electrons. The average molecular weight is 385 g/mol. The number of anilines is 3. The maximum atomic E-state index is 12.4. The molecule has 5 rings (SSSR count). The summed E-state index contributed by atoms with van der Waals surface area (Å²) >= 11 is 0. The van der Waals surface area contributed by atoms with E-state index in [0.717, 1.165) is 45.0 Å². The molecule has 0 bridgehead atoms. The Morgan fingerprint density at radius 3 is 2.55 bits per heavy atom. The lowest BCUT2D eigenvalue weighted by atomic mass is 10.1. The minimum absolute atomic E-state index is 0.0498. The molecule has 2 heterocycles. The van der Waals surface area contributed by atoms with E-state index in [9.17, 15) is 4.79 Å². The van der Waals surface area contributed by atoms with Crippen LogP contribution in [0, 0.1) is 0 Å². The van der Waals surface area contributed by atoms with Gasteiger partial charge in [-0.15, -0.1) is 0 Å².